The topological polar surface area (TPSA) is 86.8 Å². The lowest BCUT2D eigenvalue weighted by atomic mass is 10.0. The van der Waals surface area contributed by atoms with Gasteiger partial charge in [0.1, 0.15) is 17.8 Å². The molecule has 0 radical (unpaired) electrons. The quantitative estimate of drug-likeness (QED) is 0.906. The summed E-state index contributed by atoms with van der Waals surface area (Å²) in [5.41, 5.74) is 8.45. The van der Waals surface area contributed by atoms with E-state index >= 15 is 0 Å². The predicted molar refractivity (Wildman–Crippen MR) is 72.8 cm³/mol. The summed E-state index contributed by atoms with van der Waals surface area (Å²) >= 11 is 0. The monoisotopic (exact) mass is 259 g/mol. The first kappa shape index (κ1) is 13.2. The molecule has 0 aliphatic rings. The zero-order chi connectivity index (χ0) is 14.0. The van der Waals surface area contributed by atoms with Crippen molar-refractivity contribution in [3.05, 3.63) is 23.7 Å². The van der Waals surface area contributed by atoms with E-state index in [4.69, 9.17) is 10.5 Å². The van der Waals surface area contributed by atoms with Crippen molar-refractivity contribution in [1.82, 2.24) is 19.9 Å². The van der Waals surface area contributed by atoms with E-state index in [0.717, 1.165) is 11.3 Å². The zero-order valence-corrected chi connectivity index (χ0v) is 11.5. The Kier molecular flexibility index (Phi) is 3.59. The Balaban J connectivity index is 2.52. The van der Waals surface area contributed by atoms with E-state index in [9.17, 15) is 0 Å². The van der Waals surface area contributed by atoms with E-state index in [1.165, 1.54) is 6.33 Å². The number of methoxy groups -OCH3 is 1. The summed E-state index contributed by atoms with van der Waals surface area (Å²) in [7, 11) is 1.55. The van der Waals surface area contributed by atoms with E-state index in [1.54, 1.807) is 13.2 Å². The molecule has 6 heteroatoms. The van der Waals surface area contributed by atoms with Gasteiger partial charge in [-0.05, 0) is 12.8 Å². The highest BCUT2D eigenvalue weighted by molar-refractivity contribution is 5.56. The Morgan fingerprint density at radius 2 is 1.95 bits per heavy atom. The standard InChI is InChI=1S/C13H17N5O/c1-7(2)11-8(3)17-13(18-12(11)14)9-5-10(19-4)16-6-15-9/h5-7H,1-4H3,(H2,14,17,18). The lowest BCUT2D eigenvalue weighted by Gasteiger charge is -2.12. The largest absolute Gasteiger partial charge is 0.481 e. The molecule has 0 amide bonds. The van der Waals surface area contributed by atoms with E-state index in [-0.39, 0.29) is 5.92 Å². The minimum absolute atomic E-state index is 0.286. The van der Waals surface area contributed by atoms with Gasteiger partial charge in [0.15, 0.2) is 5.82 Å². The Morgan fingerprint density at radius 1 is 1.21 bits per heavy atom. The molecule has 6 nitrogen and oxygen atoms in total. The van der Waals surface area contributed by atoms with Gasteiger partial charge in [0.05, 0.1) is 7.11 Å². The smallest absolute Gasteiger partial charge is 0.216 e. The van der Waals surface area contributed by atoms with Gasteiger partial charge in [-0.3, -0.25) is 0 Å². The van der Waals surface area contributed by atoms with Crippen molar-refractivity contribution in [3.8, 4) is 17.4 Å². The minimum atomic E-state index is 0.286. The normalized spacial score (nSPS) is 10.8. The molecule has 0 aromatic carbocycles. The molecule has 0 aliphatic heterocycles. The molecule has 2 aromatic rings. The van der Waals surface area contributed by atoms with Gasteiger partial charge in [0, 0.05) is 17.3 Å². The fourth-order valence-corrected chi connectivity index (χ4v) is 2.01. The molecular formula is C13H17N5O. The molecule has 0 saturated heterocycles. The molecular weight excluding hydrogens is 242 g/mol. The highest BCUT2D eigenvalue weighted by Crippen LogP contribution is 2.25. The first-order valence-electron chi connectivity index (χ1n) is 6.03. The molecule has 0 atom stereocenters. The molecule has 2 heterocycles. The van der Waals surface area contributed by atoms with Gasteiger partial charge < -0.3 is 10.5 Å². The van der Waals surface area contributed by atoms with Crippen LogP contribution in [0.2, 0.25) is 0 Å². The lowest BCUT2D eigenvalue weighted by molar-refractivity contribution is 0.397. The molecule has 0 bridgehead atoms. The Bertz CT molecular complexity index is 574. The summed E-state index contributed by atoms with van der Waals surface area (Å²) in [4.78, 5) is 16.9. The number of hydrogen-bond acceptors (Lipinski definition) is 6. The molecule has 0 unspecified atom stereocenters. The number of aryl methyl sites for hydroxylation is 1. The third-order valence-electron chi connectivity index (χ3n) is 2.82. The van der Waals surface area contributed by atoms with Crippen LogP contribution in [0.1, 0.15) is 31.0 Å². The van der Waals surface area contributed by atoms with Crippen LogP contribution in [-0.4, -0.2) is 27.0 Å². The van der Waals surface area contributed by atoms with Crippen molar-refractivity contribution in [2.24, 2.45) is 0 Å². The van der Waals surface area contributed by atoms with Gasteiger partial charge in [-0.2, -0.15) is 0 Å². The molecule has 100 valence electrons. The van der Waals surface area contributed by atoms with Gasteiger partial charge in [-0.1, -0.05) is 13.8 Å². The van der Waals surface area contributed by atoms with Crippen LogP contribution < -0.4 is 10.5 Å². The van der Waals surface area contributed by atoms with Crippen LogP contribution >= 0.6 is 0 Å². The summed E-state index contributed by atoms with van der Waals surface area (Å²) in [6, 6.07) is 1.68. The highest BCUT2D eigenvalue weighted by atomic mass is 16.5. The van der Waals surface area contributed by atoms with Crippen molar-refractivity contribution in [2.45, 2.75) is 26.7 Å². The fraction of sp³-hybridized carbons (Fsp3) is 0.385. The second-order valence-electron chi connectivity index (χ2n) is 4.53. The van der Waals surface area contributed by atoms with Gasteiger partial charge in [-0.15, -0.1) is 0 Å². The number of nitrogens with zero attached hydrogens (tertiary/aromatic N) is 4. The van der Waals surface area contributed by atoms with Crippen LogP contribution in [0.15, 0.2) is 12.4 Å². The Hall–Kier alpha value is -2.24. The van der Waals surface area contributed by atoms with Crippen LogP contribution in [0.5, 0.6) is 5.88 Å². The van der Waals surface area contributed by atoms with Crippen molar-refractivity contribution in [2.75, 3.05) is 12.8 Å². The predicted octanol–water partition coefficient (Wildman–Crippen LogP) is 1.96. The minimum Gasteiger partial charge on any atom is -0.481 e. The van der Waals surface area contributed by atoms with Gasteiger partial charge in [0.25, 0.3) is 0 Å². The molecule has 0 aliphatic carbocycles. The summed E-state index contributed by atoms with van der Waals surface area (Å²) in [6.07, 6.45) is 1.42. The third-order valence-corrected chi connectivity index (χ3v) is 2.82. The number of hydrogen-bond donors (Lipinski definition) is 1. The van der Waals surface area contributed by atoms with E-state index in [2.05, 4.69) is 33.8 Å². The van der Waals surface area contributed by atoms with Crippen LogP contribution in [0.25, 0.3) is 11.5 Å². The molecule has 0 spiro atoms. The van der Waals surface area contributed by atoms with Gasteiger partial charge in [-0.25, -0.2) is 19.9 Å². The molecule has 2 N–H and O–H groups in total. The maximum Gasteiger partial charge on any atom is 0.216 e. The second-order valence-corrected chi connectivity index (χ2v) is 4.53. The molecule has 2 rings (SSSR count). The number of ether oxygens (including phenoxy) is 1. The summed E-state index contributed by atoms with van der Waals surface area (Å²) < 4.78 is 5.06. The lowest BCUT2D eigenvalue weighted by Crippen LogP contribution is -2.07. The van der Waals surface area contributed by atoms with Crippen molar-refractivity contribution >= 4 is 5.82 Å². The van der Waals surface area contributed by atoms with Crippen molar-refractivity contribution < 1.29 is 4.74 Å². The fourth-order valence-electron chi connectivity index (χ4n) is 2.01. The van der Waals surface area contributed by atoms with E-state index in [0.29, 0.717) is 23.2 Å². The van der Waals surface area contributed by atoms with E-state index in [1.807, 2.05) is 6.92 Å². The second kappa shape index (κ2) is 5.17. The third kappa shape index (κ3) is 2.62. The first-order chi connectivity index (χ1) is 9.02. The average molecular weight is 259 g/mol. The average Bonchev–Trinajstić information content (AvgIpc) is 2.37. The van der Waals surface area contributed by atoms with E-state index < -0.39 is 0 Å². The van der Waals surface area contributed by atoms with Gasteiger partial charge in [0.2, 0.25) is 5.88 Å². The Morgan fingerprint density at radius 3 is 2.53 bits per heavy atom. The summed E-state index contributed by atoms with van der Waals surface area (Å²) in [5.74, 6) is 1.74. The van der Waals surface area contributed by atoms with Crippen molar-refractivity contribution in [3.63, 3.8) is 0 Å². The number of aromatic nitrogens is 4. The SMILES string of the molecule is COc1cc(-c2nc(C)c(C(C)C)c(N)n2)ncn1. The van der Waals surface area contributed by atoms with Crippen LogP contribution in [0.3, 0.4) is 0 Å². The molecule has 0 saturated carbocycles. The maximum absolute atomic E-state index is 6.01. The summed E-state index contributed by atoms with van der Waals surface area (Å²) in [5, 5.41) is 0. The molecule has 2 aromatic heterocycles. The molecule has 19 heavy (non-hydrogen) atoms. The highest BCUT2D eigenvalue weighted by Gasteiger charge is 2.14. The maximum atomic E-state index is 6.01. The molecule has 0 fully saturated rings. The Labute approximate surface area is 112 Å². The number of rotatable bonds is 3. The number of anilines is 1. The zero-order valence-electron chi connectivity index (χ0n) is 11.5. The van der Waals surface area contributed by atoms with Crippen molar-refractivity contribution in [1.29, 1.82) is 0 Å². The van der Waals surface area contributed by atoms with Crippen LogP contribution in [-0.2, 0) is 0 Å². The van der Waals surface area contributed by atoms with Crippen LogP contribution in [0, 0.1) is 6.92 Å². The first-order valence-corrected chi connectivity index (χ1v) is 6.03. The number of nitrogen functional groups attached to an aromatic ring is 1. The van der Waals surface area contributed by atoms with Crippen LogP contribution in [0.4, 0.5) is 5.82 Å². The summed E-state index contributed by atoms with van der Waals surface area (Å²) in [6.45, 7) is 6.06. The van der Waals surface area contributed by atoms with Gasteiger partial charge >= 0.3 is 0 Å². The number of nitrogens with two attached hydrogens (primary N) is 1.